The van der Waals surface area contributed by atoms with Crippen molar-refractivity contribution in [3.63, 3.8) is 0 Å². The van der Waals surface area contributed by atoms with Gasteiger partial charge in [0.2, 0.25) is 0 Å². The van der Waals surface area contributed by atoms with Crippen molar-refractivity contribution in [2.24, 2.45) is 5.10 Å². The van der Waals surface area contributed by atoms with Gasteiger partial charge in [-0.15, -0.1) is 11.8 Å². The molecule has 10 heteroatoms. The number of hydrogen-bond acceptors (Lipinski definition) is 6. The van der Waals surface area contributed by atoms with Crippen molar-refractivity contribution >= 4 is 50.8 Å². The lowest BCUT2D eigenvalue weighted by molar-refractivity contribution is 0.235. The molecule has 3 aromatic carbocycles. The number of urea groups is 1. The number of nitrogens with one attached hydrogen (secondary N) is 2. The molecule has 1 aliphatic rings. The summed E-state index contributed by atoms with van der Waals surface area (Å²) in [7, 11) is -4.04. The number of para-hydroxylation sites is 1. The molecule has 1 fully saturated rings. The predicted molar refractivity (Wildman–Crippen MR) is 137 cm³/mol. The van der Waals surface area contributed by atoms with Crippen molar-refractivity contribution in [1.82, 2.24) is 9.62 Å². The van der Waals surface area contributed by atoms with E-state index in [4.69, 9.17) is 11.6 Å². The molecule has 0 unspecified atom stereocenters. The first-order chi connectivity index (χ1) is 16.4. The van der Waals surface area contributed by atoms with Gasteiger partial charge < -0.3 is 5.32 Å². The van der Waals surface area contributed by atoms with Crippen LogP contribution in [0.4, 0.5) is 10.5 Å². The van der Waals surface area contributed by atoms with Gasteiger partial charge in [0, 0.05) is 22.2 Å². The normalized spacial score (nSPS) is 14.2. The highest BCUT2D eigenvalue weighted by Crippen LogP contribution is 2.34. The second-order valence-corrected chi connectivity index (χ2v) is 10.8. The number of benzene rings is 3. The topological polar surface area (TPSA) is 90.9 Å². The number of thioether (sulfide) groups is 1. The number of nitrogens with zero attached hydrogens (tertiary/aromatic N) is 2. The van der Waals surface area contributed by atoms with Crippen molar-refractivity contribution in [2.45, 2.75) is 16.7 Å². The van der Waals surface area contributed by atoms with E-state index in [0.29, 0.717) is 21.2 Å². The summed E-state index contributed by atoms with van der Waals surface area (Å²) in [6.45, 7) is 2.11. The van der Waals surface area contributed by atoms with Gasteiger partial charge in [0.05, 0.1) is 17.9 Å². The third-order valence-corrected chi connectivity index (χ3v) is 8.60. The van der Waals surface area contributed by atoms with Crippen LogP contribution in [-0.2, 0) is 10.0 Å². The molecule has 0 saturated carbocycles. The molecule has 34 heavy (non-hydrogen) atoms. The summed E-state index contributed by atoms with van der Waals surface area (Å²) < 4.78 is 27.5. The van der Waals surface area contributed by atoms with E-state index < -0.39 is 16.1 Å². The number of carbonyl (C=O) groups excluding carboxylic acids is 1. The van der Waals surface area contributed by atoms with Gasteiger partial charge in [-0.25, -0.2) is 17.5 Å². The van der Waals surface area contributed by atoms with E-state index in [1.165, 1.54) is 17.8 Å². The molecule has 176 valence electrons. The molecule has 0 aliphatic carbocycles. The summed E-state index contributed by atoms with van der Waals surface area (Å²) in [5.74, 6) is 0.373. The number of carbonyl (C=O) groups is 1. The summed E-state index contributed by atoms with van der Waals surface area (Å²) in [4.78, 5) is 12.6. The van der Waals surface area contributed by atoms with Crippen LogP contribution in [0.1, 0.15) is 11.1 Å². The SMILES string of the molecule is Cc1cc(S(=O)(=O)N2CCNC2=O)c(SC/C(=N/Nc2ccccc2)c2ccccc2)cc1Cl. The zero-order valence-corrected chi connectivity index (χ0v) is 20.8. The van der Waals surface area contributed by atoms with Crippen molar-refractivity contribution in [3.8, 4) is 0 Å². The fourth-order valence-electron chi connectivity index (χ4n) is 3.35. The Balaban J connectivity index is 1.66. The third-order valence-electron chi connectivity index (χ3n) is 5.18. The van der Waals surface area contributed by atoms with Crippen LogP contribution in [0, 0.1) is 6.92 Å². The third kappa shape index (κ3) is 5.38. The molecule has 3 aromatic rings. The number of rotatable bonds is 8. The van der Waals surface area contributed by atoms with Gasteiger partial charge in [0.25, 0.3) is 10.0 Å². The molecule has 0 radical (unpaired) electrons. The molecule has 0 atom stereocenters. The molecule has 1 aliphatic heterocycles. The van der Waals surface area contributed by atoms with E-state index >= 15 is 0 Å². The van der Waals surface area contributed by atoms with E-state index in [2.05, 4.69) is 15.8 Å². The molecule has 1 saturated heterocycles. The highest BCUT2D eigenvalue weighted by molar-refractivity contribution is 8.00. The number of anilines is 1. The first-order valence-electron chi connectivity index (χ1n) is 10.5. The second kappa shape index (κ2) is 10.5. The molecule has 7 nitrogen and oxygen atoms in total. The Morgan fingerprint density at radius 3 is 2.44 bits per heavy atom. The number of hydrogen-bond donors (Lipinski definition) is 2. The Bertz CT molecular complexity index is 1320. The summed E-state index contributed by atoms with van der Waals surface area (Å²) in [6.07, 6.45) is 0. The standard InChI is InChI=1S/C24H23ClN4O3S2/c1-17-14-23(34(31,32)29-13-12-26-24(29)30)22(15-20(17)25)33-16-21(18-8-4-2-5-9-18)28-27-19-10-6-3-7-11-19/h2-11,14-15,27H,12-13,16H2,1H3,(H,26,30)/b28-21-. The molecule has 2 amide bonds. The van der Waals surface area contributed by atoms with E-state index in [-0.39, 0.29) is 18.0 Å². The van der Waals surface area contributed by atoms with Crippen molar-refractivity contribution in [3.05, 3.63) is 88.9 Å². The molecular formula is C24H23ClN4O3S2. The van der Waals surface area contributed by atoms with Crippen molar-refractivity contribution < 1.29 is 13.2 Å². The van der Waals surface area contributed by atoms with Gasteiger partial charge in [-0.05, 0) is 42.3 Å². The van der Waals surface area contributed by atoms with Crippen LogP contribution in [0.2, 0.25) is 5.02 Å². The summed E-state index contributed by atoms with van der Waals surface area (Å²) in [6, 6.07) is 21.7. The molecule has 2 N–H and O–H groups in total. The highest BCUT2D eigenvalue weighted by Gasteiger charge is 2.35. The second-order valence-electron chi connectivity index (χ2n) is 7.55. The summed E-state index contributed by atoms with van der Waals surface area (Å²) in [5.41, 5.74) is 6.15. The van der Waals surface area contributed by atoms with E-state index in [0.717, 1.165) is 21.3 Å². The summed E-state index contributed by atoms with van der Waals surface area (Å²) >= 11 is 7.66. The maximum absolute atomic E-state index is 13.3. The molecule has 4 rings (SSSR count). The molecule has 0 aromatic heterocycles. The largest absolute Gasteiger partial charge is 0.335 e. The molecule has 0 bridgehead atoms. The first-order valence-corrected chi connectivity index (χ1v) is 13.3. The van der Waals surface area contributed by atoms with Gasteiger partial charge >= 0.3 is 6.03 Å². The number of aryl methyl sites for hydroxylation is 1. The number of amides is 2. The fraction of sp³-hybridized carbons (Fsp3) is 0.167. The predicted octanol–water partition coefficient (Wildman–Crippen LogP) is 4.97. The zero-order valence-electron chi connectivity index (χ0n) is 18.4. The minimum atomic E-state index is -4.04. The van der Waals surface area contributed by atoms with E-state index in [9.17, 15) is 13.2 Å². The zero-order chi connectivity index (χ0) is 24.1. The Kier molecular flexibility index (Phi) is 7.45. The average Bonchev–Trinajstić information content (AvgIpc) is 3.29. The van der Waals surface area contributed by atoms with E-state index in [1.807, 2.05) is 60.7 Å². The van der Waals surface area contributed by atoms with Crippen LogP contribution in [0.15, 0.2) is 87.7 Å². The smallest absolute Gasteiger partial charge is 0.331 e. The minimum absolute atomic E-state index is 0.0554. The lowest BCUT2D eigenvalue weighted by Crippen LogP contribution is -2.34. The number of hydrazone groups is 1. The quantitative estimate of drug-likeness (QED) is 0.251. The lowest BCUT2D eigenvalue weighted by atomic mass is 10.1. The van der Waals surface area contributed by atoms with Crippen LogP contribution in [0.25, 0.3) is 0 Å². The fourth-order valence-corrected chi connectivity index (χ4v) is 6.49. The monoisotopic (exact) mass is 514 g/mol. The lowest BCUT2D eigenvalue weighted by Gasteiger charge is -2.18. The number of halogens is 1. The van der Waals surface area contributed by atoms with Crippen LogP contribution in [0.5, 0.6) is 0 Å². The van der Waals surface area contributed by atoms with Crippen LogP contribution >= 0.6 is 23.4 Å². The van der Waals surface area contributed by atoms with Crippen LogP contribution < -0.4 is 10.7 Å². The first kappa shape index (κ1) is 24.1. The molecule has 0 spiro atoms. The Labute approximate surface area is 208 Å². The maximum Gasteiger partial charge on any atom is 0.331 e. The highest BCUT2D eigenvalue weighted by atomic mass is 35.5. The maximum atomic E-state index is 13.3. The van der Waals surface area contributed by atoms with Gasteiger partial charge in [0.1, 0.15) is 4.90 Å². The van der Waals surface area contributed by atoms with Crippen LogP contribution in [0.3, 0.4) is 0 Å². The Hall–Kier alpha value is -3.01. The van der Waals surface area contributed by atoms with Crippen molar-refractivity contribution in [2.75, 3.05) is 24.3 Å². The van der Waals surface area contributed by atoms with Crippen LogP contribution in [-0.4, -0.2) is 43.3 Å². The summed E-state index contributed by atoms with van der Waals surface area (Å²) in [5, 5.41) is 7.58. The van der Waals surface area contributed by atoms with Gasteiger partial charge in [-0.3, -0.25) is 5.43 Å². The molecule has 1 heterocycles. The number of sulfonamides is 1. The van der Waals surface area contributed by atoms with Gasteiger partial charge in [-0.2, -0.15) is 5.10 Å². The molecular weight excluding hydrogens is 492 g/mol. The minimum Gasteiger partial charge on any atom is -0.335 e. The van der Waals surface area contributed by atoms with Crippen molar-refractivity contribution in [1.29, 1.82) is 0 Å². The van der Waals surface area contributed by atoms with Gasteiger partial charge in [-0.1, -0.05) is 60.1 Å². The van der Waals surface area contributed by atoms with Gasteiger partial charge in [0.15, 0.2) is 0 Å². The van der Waals surface area contributed by atoms with E-state index in [1.54, 1.807) is 13.0 Å². The Morgan fingerprint density at radius 1 is 1.12 bits per heavy atom. The Morgan fingerprint density at radius 2 is 1.79 bits per heavy atom. The average molecular weight is 515 g/mol.